The van der Waals surface area contributed by atoms with Crippen molar-refractivity contribution in [2.75, 3.05) is 0 Å². The minimum absolute atomic E-state index is 0.507. The molecule has 0 atom stereocenters. The Balaban J connectivity index is 0.000000338. The molecular weight excluding hydrogens is 320 g/mol. The molecule has 1 N–H and O–H groups in total. The molecule has 1 aliphatic rings. The van der Waals surface area contributed by atoms with Crippen molar-refractivity contribution in [3.05, 3.63) is 59.7 Å². The number of hydrogen-bond acceptors (Lipinski definition) is 6. The number of fused-ring (bicyclic) bond motifs is 3. The van der Waals surface area contributed by atoms with Crippen LogP contribution in [0.3, 0.4) is 0 Å². The molecule has 0 bridgehead atoms. The van der Waals surface area contributed by atoms with Crippen molar-refractivity contribution in [3.63, 3.8) is 0 Å². The molecule has 3 rings (SSSR count). The summed E-state index contributed by atoms with van der Waals surface area (Å²) in [6.45, 7) is 1.01. The largest absolute Gasteiger partial charge is 0.846 e. The lowest BCUT2D eigenvalue weighted by molar-refractivity contribution is -0.238. The highest BCUT2D eigenvalue weighted by atomic mass is 32.3. The van der Waals surface area contributed by atoms with Gasteiger partial charge in [0.1, 0.15) is 0 Å². The molecule has 0 saturated carbocycles. The molecule has 0 aromatic heterocycles. The van der Waals surface area contributed by atoms with Crippen LogP contribution in [0.1, 0.15) is 11.1 Å². The maximum Gasteiger partial charge on any atom is 0.0469 e. The van der Waals surface area contributed by atoms with E-state index in [9.17, 15) is 5.11 Å². The van der Waals surface area contributed by atoms with Crippen molar-refractivity contribution in [1.82, 2.24) is 4.90 Å². The van der Waals surface area contributed by atoms with E-state index in [0.717, 1.165) is 22.3 Å². The lowest BCUT2D eigenvalue weighted by Gasteiger charge is -2.27. The van der Waals surface area contributed by atoms with E-state index in [4.69, 9.17) is 22.9 Å². The van der Waals surface area contributed by atoms with E-state index < -0.39 is 16.4 Å². The van der Waals surface area contributed by atoms with E-state index in [1.807, 2.05) is 36.4 Å². The average Bonchev–Trinajstić information content (AvgIpc) is 2.62. The van der Waals surface area contributed by atoms with Gasteiger partial charge in [0.05, 0.1) is 0 Å². The Morgan fingerprint density at radius 3 is 1.61 bits per heavy atom. The molecular formula is C15H13N2O5S-3. The topological polar surface area (TPSA) is 130 Å². The SMILES string of the molecule is N=C([O-])N1Cc2ccccc2-c2ccccc2C1.O=S(=O)([O-])[O-]. The summed E-state index contributed by atoms with van der Waals surface area (Å²) >= 11 is 0. The van der Waals surface area contributed by atoms with Crippen LogP contribution in [0, 0.1) is 5.41 Å². The molecule has 0 aliphatic carbocycles. The first-order valence-corrected chi connectivity index (χ1v) is 7.92. The molecule has 2 aromatic rings. The van der Waals surface area contributed by atoms with Crippen LogP contribution in [0.25, 0.3) is 11.1 Å². The van der Waals surface area contributed by atoms with Gasteiger partial charge in [-0.05, 0) is 22.3 Å². The summed E-state index contributed by atoms with van der Waals surface area (Å²) in [7, 11) is -5.17. The maximum atomic E-state index is 11.4. The summed E-state index contributed by atoms with van der Waals surface area (Å²) in [5, 5.41) is 18.7. The minimum atomic E-state index is -5.17. The molecule has 122 valence electrons. The normalized spacial score (nSPS) is 13.0. The Morgan fingerprint density at radius 1 is 0.913 bits per heavy atom. The van der Waals surface area contributed by atoms with E-state index in [2.05, 4.69) is 12.1 Å². The van der Waals surface area contributed by atoms with Gasteiger partial charge < -0.3 is 19.1 Å². The van der Waals surface area contributed by atoms with Crippen LogP contribution >= 0.6 is 0 Å². The van der Waals surface area contributed by atoms with Gasteiger partial charge in [-0.25, -0.2) is 0 Å². The third kappa shape index (κ3) is 4.78. The number of nitrogens with zero attached hydrogens (tertiary/aromatic N) is 1. The fourth-order valence-corrected chi connectivity index (χ4v) is 2.45. The zero-order valence-corrected chi connectivity index (χ0v) is 12.7. The van der Waals surface area contributed by atoms with E-state index in [0.29, 0.717) is 13.1 Å². The van der Waals surface area contributed by atoms with Crippen molar-refractivity contribution < 1.29 is 22.6 Å². The van der Waals surface area contributed by atoms with Crippen LogP contribution in [0.15, 0.2) is 48.5 Å². The summed E-state index contributed by atoms with van der Waals surface area (Å²) in [4.78, 5) is 1.56. The van der Waals surface area contributed by atoms with Crippen LogP contribution in [0.4, 0.5) is 0 Å². The first-order valence-electron chi connectivity index (χ1n) is 6.59. The van der Waals surface area contributed by atoms with Gasteiger partial charge in [-0.2, -0.15) is 0 Å². The highest BCUT2D eigenvalue weighted by Crippen LogP contribution is 2.31. The zero-order chi connectivity index (χ0) is 17.0. The summed E-state index contributed by atoms with van der Waals surface area (Å²) in [5.74, 6) is 0. The van der Waals surface area contributed by atoms with Gasteiger partial charge in [-0.1, -0.05) is 48.5 Å². The van der Waals surface area contributed by atoms with E-state index >= 15 is 0 Å². The summed E-state index contributed by atoms with van der Waals surface area (Å²) < 4.78 is 34.1. The molecule has 8 heteroatoms. The number of hydrogen-bond donors (Lipinski definition) is 1. The highest BCUT2D eigenvalue weighted by molar-refractivity contribution is 7.79. The smallest absolute Gasteiger partial charge is 0.0469 e. The van der Waals surface area contributed by atoms with Gasteiger partial charge in [0.2, 0.25) is 0 Å². The third-order valence-electron chi connectivity index (χ3n) is 3.33. The first kappa shape index (κ1) is 16.9. The van der Waals surface area contributed by atoms with Crippen LogP contribution in [-0.4, -0.2) is 28.4 Å². The van der Waals surface area contributed by atoms with Crippen molar-refractivity contribution >= 4 is 16.4 Å². The van der Waals surface area contributed by atoms with Gasteiger partial charge in [-0.15, -0.1) is 0 Å². The van der Waals surface area contributed by atoms with E-state index in [-0.39, 0.29) is 0 Å². The third-order valence-corrected chi connectivity index (χ3v) is 3.33. The van der Waals surface area contributed by atoms with Crippen LogP contribution in [0.2, 0.25) is 0 Å². The van der Waals surface area contributed by atoms with Crippen LogP contribution < -0.4 is 5.11 Å². The van der Waals surface area contributed by atoms with Gasteiger partial charge in [0.25, 0.3) is 0 Å². The van der Waals surface area contributed by atoms with Gasteiger partial charge in [-0.3, -0.25) is 13.8 Å². The second-order valence-corrected chi connectivity index (χ2v) is 5.70. The summed E-state index contributed by atoms with van der Waals surface area (Å²) in [5.41, 5.74) is 4.53. The molecule has 1 heterocycles. The molecule has 0 saturated heterocycles. The van der Waals surface area contributed by atoms with Gasteiger partial charge in [0.15, 0.2) is 0 Å². The number of rotatable bonds is 0. The van der Waals surface area contributed by atoms with Gasteiger partial charge in [0, 0.05) is 29.5 Å². The highest BCUT2D eigenvalue weighted by Gasteiger charge is 2.17. The summed E-state index contributed by atoms with van der Waals surface area (Å²) in [6, 6.07) is 15.5. The summed E-state index contributed by atoms with van der Waals surface area (Å²) in [6.07, 6.45) is 0. The predicted octanol–water partition coefficient (Wildman–Crippen LogP) is 0.626. The Bertz CT molecular complexity index is 765. The Labute approximate surface area is 133 Å². The molecule has 0 radical (unpaired) electrons. The molecule has 1 aliphatic heterocycles. The monoisotopic (exact) mass is 333 g/mol. The van der Waals surface area contributed by atoms with Crippen LogP contribution in [0.5, 0.6) is 0 Å². The Hall–Kier alpha value is -2.42. The maximum absolute atomic E-state index is 11.4. The zero-order valence-electron chi connectivity index (χ0n) is 11.9. The molecule has 7 nitrogen and oxygen atoms in total. The Morgan fingerprint density at radius 2 is 1.26 bits per heavy atom. The van der Waals surface area contributed by atoms with Crippen LogP contribution in [-0.2, 0) is 23.5 Å². The fourth-order valence-electron chi connectivity index (χ4n) is 2.45. The lowest BCUT2D eigenvalue weighted by Crippen LogP contribution is -2.37. The van der Waals surface area contributed by atoms with Crippen molar-refractivity contribution in [2.45, 2.75) is 13.1 Å². The van der Waals surface area contributed by atoms with E-state index in [1.165, 1.54) is 0 Å². The number of nitrogens with one attached hydrogen (secondary N) is 1. The second kappa shape index (κ2) is 6.78. The quantitative estimate of drug-likeness (QED) is 0.325. The lowest BCUT2D eigenvalue weighted by atomic mass is 9.97. The molecule has 0 amide bonds. The van der Waals surface area contributed by atoms with Crippen molar-refractivity contribution in [3.8, 4) is 11.1 Å². The number of amidine groups is 1. The second-order valence-electron chi connectivity index (χ2n) is 4.88. The predicted molar refractivity (Wildman–Crippen MR) is 79.3 cm³/mol. The molecule has 0 spiro atoms. The molecule has 23 heavy (non-hydrogen) atoms. The standard InChI is InChI=1S/C15H14N2O.H2O4S/c16-15(18)17-9-11-5-1-3-7-13(11)14-8-4-2-6-12(14)10-17;1-5(2,3)4/h1-8H,9-10H2,(H2,16,18);(H2,1,2,3,4)/p-3. The van der Waals surface area contributed by atoms with Crippen molar-refractivity contribution in [1.29, 1.82) is 5.41 Å². The fraction of sp³-hybridized carbons (Fsp3) is 0.133. The molecule has 0 unspecified atom stereocenters. The first-order chi connectivity index (χ1) is 10.8. The van der Waals surface area contributed by atoms with Crippen molar-refractivity contribution in [2.24, 2.45) is 0 Å². The van der Waals surface area contributed by atoms with E-state index in [1.54, 1.807) is 4.90 Å². The molecule has 0 fully saturated rings. The number of benzene rings is 2. The average molecular weight is 333 g/mol. The molecule has 2 aromatic carbocycles. The Kier molecular flexibility index (Phi) is 4.99. The minimum Gasteiger partial charge on any atom is -0.846 e. The van der Waals surface area contributed by atoms with Gasteiger partial charge >= 0.3 is 0 Å².